The predicted octanol–water partition coefficient (Wildman–Crippen LogP) is 3.74. The minimum atomic E-state index is -0.817. The number of ether oxygens (including phenoxy) is 1. The molecule has 0 saturated heterocycles. The molecule has 0 amide bonds. The Morgan fingerprint density at radius 1 is 1.31 bits per heavy atom. The molecule has 0 saturated carbocycles. The largest absolute Gasteiger partial charge is 0.496 e. The minimum absolute atomic E-state index is 0.370. The average Bonchev–Trinajstić information content (AvgIpc) is 2.98. The number of halogens is 1. The number of rotatable bonds is 7. The Bertz CT molecular complexity index is 816. The van der Waals surface area contributed by atoms with Crippen molar-refractivity contribution in [1.82, 2.24) is 4.57 Å². The molecule has 140 valence electrons. The highest BCUT2D eigenvalue weighted by Crippen LogP contribution is 2.37. The highest BCUT2D eigenvalue weighted by molar-refractivity contribution is 9.10. The fourth-order valence-corrected chi connectivity index (χ4v) is 3.90. The smallest absolute Gasteiger partial charge is 0.195 e. The maximum atomic E-state index is 6.73. The second kappa shape index (κ2) is 7.72. The van der Waals surface area contributed by atoms with E-state index in [2.05, 4.69) is 43.8 Å². The number of unbranched alkanes of at least 4 members (excludes halogenated alkanes) is 2. The molecule has 1 aliphatic heterocycles. The zero-order valence-electron chi connectivity index (χ0n) is 15.3. The number of aliphatic imine (C=N–C) groups is 1. The van der Waals surface area contributed by atoms with E-state index in [4.69, 9.17) is 16.2 Å². The van der Waals surface area contributed by atoms with Gasteiger partial charge in [-0.15, -0.1) is 0 Å². The fourth-order valence-electron chi connectivity index (χ4n) is 3.49. The van der Waals surface area contributed by atoms with Gasteiger partial charge >= 0.3 is 0 Å². The third-order valence-electron chi connectivity index (χ3n) is 4.70. The molecule has 26 heavy (non-hydrogen) atoms. The molecule has 3 rings (SSSR count). The molecule has 6 nitrogen and oxygen atoms in total. The summed E-state index contributed by atoms with van der Waals surface area (Å²) in [6.07, 6.45) is 6.05. The van der Waals surface area contributed by atoms with Gasteiger partial charge in [0.25, 0.3) is 0 Å². The maximum absolute atomic E-state index is 6.73. The van der Waals surface area contributed by atoms with Gasteiger partial charge in [-0.1, -0.05) is 35.7 Å². The van der Waals surface area contributed by atoms with Crippen molar-refractivity contribution in [2.24, 2.45) is 16.5 Å². The van der Waals surface area contributed by atoms with Crippen molar-refractivity contribution < 1.29 is 4.74 Å². The van der Waals surface area contributed by atoms with Crippen molar-refractivity contribution in [1.29, 1.82) is 0 Å². The Labute approximate surface area is 162 Å². The van der Waals surface area contributed by atoms with Gasteiger partial charge in [0.1, 0.15) is 5.75 Å². The molecule has 1 atom stereocenters. The van der Waals surface area contributed by atoms with Gasteiger partial charge in [-0.2, -0.15) is 0 Å². The van der Waals surface area contributed by atoms with Crippen molar-refractivity contribution in [2.45, 2.75) is 44.8 Å². The Hall–Kier alpha value is -1.99. The van der Waals surface area contributed by atoms with Crippen molar-refractivity contribution >= 4 is 27.6 Å². The van der Waals surface area contributed by atoms with E-state index in [-0.39, 0.29) is 0 Å². The van der Waals surface area contributed by atoms with Crippen LogP contribution >= 0.6 is 15.9 Å². The Balaban J connectivity index is 1.97. The van der Waals surface area contributed by atoms with E-state index >= 15 is 0 Å². The lowest BCUT2D eigenvalue weighted by Crippen LogP contribution is -2.44. The molecule has 1 unspecified atom stereocenters. The number of nitrogens with one attached hydrogen (secondary N) is 1. The molecule has 7 heteroatoms. The molecule has 0 fully saturated rings. The molecule has 0 aliphatic carbocycles. The number of fused-ring (bicyclic) bond motifs is 1. The number of anilines is 1. The summed E-state index contributed by atoms with van der Waals surface area (Å²) in [6, 6.07) is 8.00. The number of hydrogen-bond donors (Lipinski definition) is 3. The first-order valence-corrected chi connectivity index (χ1v) is 9.69. The summed E-state index contributed by atoms with van der Waals surface area (Å²) in [5, 5.41) is 3.14. The number of hydrogen-bond acceptors (Lipinski definition) is 5. The van der Waals surface area contributed by atoms with Crippen LogP contribution in [0.2, 0.25) is 0 Å². The van der Waals surface area contributed by atoms with Crippen LogP contribution in [0.4, 0.5) is 5.69 Å². The van der Waals surface area contributed by atoms with Crippen LogP contribution in [0.5, 0.6) is 5.75 Å². The first-order valence-electron chi connectivity index (χ1n) is 8.90. The third-order valence-corrected chi connectivity index (χ3v) is 5.19. The van der Waals surface area contributed by atoms with Gasteiger partial charge < -0.3 is 26.1 Å². The summed E-state index contributed by atoms with van der Waals surface area (Å²) >= 11 is 3.54. The second-order valence-electron chi connectivity index (χ2n) is 6.67. The topological polar surface area (TPSA) is 90.6 Å². The summed E-state index contributed by atoms with van der Waals surface area (Å²) in [4.78, 5) is 4.56. The lowest BCUT2D eigenvalue weighted by molar-refractivity contribution is 0.378. The van der Waals surface area contributed by atoms with Gasteiger partial charge in [-0.3, -0.25) is 0 Å². The molecule has 0 spiro atoms. The van der Waals surface area contributed by atoms with E-state index in [1.807, 2.05) is 24.4 Å². The van der Waals surface area contributed by atoms with Gasteiger partial charge in [0.05, 0.1) is 25.0 Å². The van der Waals surface area contributed by atoms with Crippen LogP contribution in [0.25, 0.3) is 0 Å². The quantitative estimate of drug-likeness (QED) is 0.596. The second-order valence-corrected chi connectivity index (χ2v) is 7.58. The van der Waals surface area contributed by atoms with Gasteiger partial charge in [0.2, 0.25) is 0 Å². The van der Waals surface area contributed by atoms with Gasteiger partial charge in [-0.05, 0) is 37.1 Å². The number of nitrogens with zero attached hydrogens (tertiary/aromatic N) is 2. The zero-order valence-corrected chi connectivity index (χ0v) is 16.8. The molecule has 5 N–H and O–H groups in total. The Kier molecular flexibility index (Phi) is 5.58. The zero-order chi connectivity index (χ0) is 18.7. The molecule has 1 aromatic heterocycles. The van der Waals surface area contributed by atoms with Crippen LogP contribution in [0.3, 0.4) is 0 Å². The normalized spacial score (nSPS) is 18.8. The average molecular weight is 420 g/mol. The van der Waals surface area contributed by atoms with E-state index in [0.29, 0.717) is 12.5 Å². The van der Waals surface area contributed by atoms with E-state index in [1.54, 1.807) is 7.11 Å². The van der Waals surface area contributed by atoms with Gasteiger partial charge in [0, 0.05) is 16.2 Å². The van der Waals surface area contributed by atoms with Crippen LogP contribution in [-0.4, -0.2) is 17.6 Å². The maximum Gasteiger partial charge on any atom is 0.195 e. The number of nitrogens with two attached hydrogens (primary N) is 2. The van der Waals surface area contributed by atoms with Crippen LogP contribution in [0, 0.1) is 0 Å². The summed E-state index contributed by atoms with van der Waals surface area (Å²) < 4.78 is 8.66. The molecule has 1 aliphatic rings. The van der Waals surface area contributed by atoms with E-state index in [0.717, 1.165) is 52.9 Å². The highest BCUT2D eigenvalue weighted by atomic mass is 79.9. The van der Waals surface area contributed by atoms with Crippen LogP contribution < -0.4 is 21.5 Å². The van der Waals surface area contributed by atoms with Crippen molar-refractivity contribution in [3.8, 4) is 5.75 Å². The standard InChI is InChI=1S/C19H26BrN5O/c1-3-4-5-9-19(22)17-15(23-18(21)24-19)8-10-25(17)12-13-11-14(20)6-7-16(13)26-2/h6-8,10-11H,3-5,9,12,22H2,1-2H3,(H3,21,23,24). The number of aromatic nitrogens is 1. The van der Waals surface area contributed by atoms with Crippen LogP contribution in [0.1, 0.15) is 43.9 Å². The van der Waals surface area contributed by atoms with Crippen molar-refractivity contribution in [3.63, 3.8) is 0 Å². The SMILES string of the molecule is CCCCCC1(N)N=C(N)Nc2ccn(Cc3cc(Br)ccc3OC)c21. The molecule has 0 bridgehead atoms. The summed E-state index contributed by atoms with van der Waals surface area (Å²) in [5.41, 5.74) is 14.8. The summed E-state index contributed by atoms with van der Waals surface area (Å²) in [5.74, 6) is 1.21. The first-order chi connectivity index (χ1) is 12.5. The Morgan fingerprint density at radius 3 is 2.85 bits per heavy atom. The molecule has 2 heterocycles. The van der Waals surface area contributed by atoms with Crippen LogP contribution in [0.15, 0.2) is 39.9 Å². The minimum Gasteiger partial charge on any atom is -0.496 e. The first kappa shape index (κ1) is 18.8. The lowest BCUT2D eigenvalue weighted by atomic mass is 9.97. The number of methoxy groups -OCH3 is 1. The highest BCUT2D eigenvalue weighted by Gasteiger charge is 2.36. The van der Waals surface area contributed by atoms with Crippen molar-refractivity contribution in [3.05, 3.63) is 46.2 Å². The number of benzene rings is 1. The molecule has 2 aromatic rings. The predicted molar refractivity (Wildman–Crippen MR) is 109 cm³/mol. The molecular weight excluding hydrogens is 394 g/mol. The van der Waals surface area contributed by atoms with E-state index in [1.165, 1.54) is 0 Å². The molecule has 0 radical (unpaired) electrons. The summed E-state index contributed by atoms with van der Waals surface area (Å²) in [7, 11) is 1.68. The van der Waals surface area contributed by atoms with E-state index in [9.17, 15) is 0 Å². The number of guanidine groups is 1. The van der Waals surface area contributed by atoms with Crippen LogP contribution in [-0.2, 0) is 12.2 Å². The molecular formula is C19H26BrN5O. The van der Waals surface area contributed by atoms with Crippen molar-refractivity contribution in [2.75, 3.05) is 12.4 Å². The lowest BCUT2D eigenvalue weighted by Gasteiger charge is -2.32. The Morgan fingerprint density at radius 2 is 2.12 bits per heavy atom. The van der Waals surface area contributed by atoms with Gasteiger partial charge in [-0.25, -0.2) is 4.99 Å². The summed E-state index contributed by atoms with van der Waals surface area (Å²) in [6.45, 7) is 2.82. The fraction of sp³-hybridized carbons (Fsp3) is 0.421. The monoisotopic (exact) mass is 419 g/mol. The third kappa shape index (κ3) is 3.73. The van der Waals surface area contributed by atoms with E-state index < -0.39 is 5.66 Å². The molecule has 1 aromatic carbocycles. The van der Waals surface area contributed by atoms with Gasteiger partial charge in [0.15, 0.2) is 11.6 Å².